The molecule has 0 spiro atoms. The summed E-state index contributed by atoms with van der Waals surface area (Å²) in [7, 11) is 0. The summed E-state index contributed by atoms with van der Waals surface area (Å²) in [4.78, 5) is 0. The fraction of sp³-hybridized carbons (Fsp3) is 1.00. The largest absolute Gasteiger partial charge is 0.380 e. The fourth-order valence-electron chi connectivity index (χ4n) is 2.36. The number of rotatable bonds is 3. The summed E-state index contributed by atoms with van der Waals surface area (Å²) >= 11 is 0. The van der Waals surface area contributed by atoms with Crippen molar-refractivity contribution < 1.29 is 9.13 Å². The van der Waals surface area contributed by atoms with Crippen LogP contribution < -0.4 is 11.1 Å². The predicted molar refractivity (Wildman–Crippen MR) is 57.5 cm³/mol. The maximum atomic E-state index is 14.2. The third kappa shape index (κ3) is 3.13. The molecule has 1 heterocycles. The number of alkyl halides is 1. The summed E-state index contributed by atoms with van der Waals surface area (Å²) in [5.74, 6) is 0. The number of nitrogens with one attached hydrogen (secondary N) is 1. The van der Waals surface area contributed by atoms with E-state index in [0.29, 0.717) is 25.4 Å². The summed E-state index contributed by atoms with van der Waals surface area (Å²) in [5.41, 5.74) is 4.74. The first-order valence-corrected chi connectivity index (χ1v) is 5.94. The third-order valence-corrected chi connectivity index (χ3v) is 3.56. The lowest BCUT2D eigenvalue weighted by atomic mass is 9.84. The maximum Gasteiger partial charge on any atom is 0.123 e. The van der Waals surface area contributed by atoms with Crippen LogP contribution in [0, 0.1) is 0 Å². The Labute approximate surface area is 90.5 Å². The van der Waals surface area contributed by atoms with Crippen LogP contribution in [-0.2, 0) is 4.74 Å². The van der Waals surface area contributed by atoms with Crippen molar-refractivity contribution in [3.63, 3.8) is 0 Å². The number of hydrogen-bond donors (Lipinski definition) is 2. The van der Waals surface area contributed by atoms with Crippen LogP contribution in [0.2, 0.25) is 0 Å². The Bertz CT molecular complexity index is 199. The highest BCUT2D eigenvalue weighted by Gasteiger charge is 2.34. The standard InChI is InChI=1S/C11H21FN2O/c12-11(4-1-9(13)2-5-11)8-14-10-3-6-15-7-10/h9-10,14H,1-8,13H2. The van der Waals surface area contributed by atoms with Gasteiger partial charge in [0.15, 0.2) is 0 Å². The SMILES string of the molecule is NC1CCC(F)(CNC2CCOC2)CC1. The molecule has 4 heteroatoms. The molecule has 0 amide bonds. The highest BCUT2D eigenvalue weighted by Crippen LogP contribution is 2.30. The van der Waals surface area contributed by atoms with Gasteiger partial charge in [0.25, 0.3) is 0 Å². The lowest BCUT2D eigenvalue weighted by Crippen LogP contribution is -2.45. The maximum absolute atomic E-state index is 14.2. The molecule has 15 heavy (non-hydrogen) atoms. The molecule has 1 aliphatic carbocycles. The van der Waals surface area contributed by atoms with Gasteiger partial charge in [0.1, 0.15) is 5.67 Å². The average Bonchev–Trinajstić information content (AvgIpc) is 2.73. The smallest absolute Gasteiger partial charge is 0.123 e. The molecule has 0 radical (unpaired) electrons. The topological polar surface area (TPSA) is 47.3 Å². The molecule has 1 unspecified atom stereocenters. The van der Waals surface area contributed by atoms with Gasteiger partial charge in [-0.05, 0) is 32.1 Å². The van der Waals surface area contributed by atoms with Gasteiger partial charge in [0.2, 0.25) is 0 Å². The van der Waals surface area contributed by atoms with E-state index < -0.39 is 5.67 Å². The van der Waals surface area contributed by atoms with Crippen LogP contribution in [0.4, 0.5) is 4.39 Å². The van der Waals surface area contributed by atoms with Crippen molar-refractivity contribution in [3.8, 4) is 0 Å². The van der Waals surface area contributed by atoms with Crippen LogP contribution in [0.15, 0.2) is 0 Å². The van der Waals surface area contributed by atoms with Gasteiger partial charge in [0.05, 0.1) is 6.61 Å². The number of nitrogens with two attached hydrogens (primary N) is 1. The zero-order valence-electron chi connectivity index (χ0n) is 9.18. The number of halogens is 1. The van der Waals surface area contributed by atoms with E-state index in [9.17, 15) is 4.39 Å². The third-order valence-electron chi connectivity index (χ3n) is 3.56. The highest BCUT2D eigenvalue weighted by atomic mass is 19.1. The first-order valence-electron chi connectivity index (χ1n) is 5.94. The van der Waals surface area contributed by atoms with Gasteiger partial charge in [0, 0.05) is 25.2 Å². The van der Waals surface area contributed by atoms with E-state index in [0.717, 1.165) is 32.5 Å². The van der Waals surface area contributed by atoms with Crippen molar-refractivity contribution in [2.45, 2.75) is 49.9 Å². The summed E-state index contributed by atoms with van der Waals surface area (Å²) in [6.45, 7) is 2.01. The molecule has 1 saturated heterocycles. The highest BCUT2D eigenvalue weighted by molar-refractivity contribution is 4.90. The molecule has 0 aromatic rings. The quantitative estimate of drug-likeness (QED) is 0.739. The average molecular weight is 216 g/mol. The second-order valence-electron chi connectivity index (χ2n) is 4.93. The van der Waals surface area contributed by atoms with Gasteiger partial charge in [-0.1, -0.05) is 0 Å². The minimum Gasteiger partial charge on any atom is -0.380 e. The molecule has 2 fully saturated rings. The lowest BCUT2D eigenvalue weighted by molar-refractivity contribution is 0.0926. The van der Waals surface area contributed by atoms with Crippen molar-refractivity contribution in [1.82, 2.24) is 5.32 Å². The Morgan fingerprint density at radius 1 is 1.33 bits per heavy atom. The van der Waals surface area contributed by atoms with E-state index in [1.165, 1.54) is 0 Å². The molecule has 1 saturated carbocycles. The van der Waals surface area contributed by atoms with Gasteiger partial charge in [-0.15, -0.1) is 0 Å². The van der Waals surface area contributed by atoms with E-state index in [2.05, 4.69) is 5.32 Å². The van der Waals surface area contributed by atoms with Crippen LogP contribution in [0.5, 0.6) is 0 Å². The molecule has 1 atom stereocenters. The van der Waals surface area contributed by atoms with Gasteiger partial charge in [-0.2, -0.15) is 0 Å². The molecule has 88 valence electrons. The van der Waals surface area contributed by atoms with Gasteiger partial charge < -0.3 is 15.8 Å². The van der Waals surface area contributed by atoms with Crippen LogP contribution in [0.1, 0.15) is 32.1 Å². The van der Waals surface area contributed by atoms with E-state index in [1.807, 2.05) is 0 Å². The molecule has 0 bridgehead atoms. The Kier molecular flexibility index (Phi) is 3.59. The Morgan fingerprint density at radius 2 is 2.07 bits per heavy atom. The molecule has 3 nitrogen and oxygen atoms in total. The zero-order chi connectivity index (χ0) is 10.7. The van der Waals surface area contributed by atoms with Gasteiger partial charge in [-0.25, -0.2) is 4.39 Å². The summed E-state index contributed by atoms with van der Waals surface area (Å²) < 4.78 is 19.5. The molecule has 3 N–H and O–H groups in total. The second kappa shape index (κ2) is 4.76. The van der Waals surface area contributed by atoms with Crippen molar-refractivity contribution >= 4 is 0 Å². The van der Waals surface area contributed by atoms with Crippen LogP contribution in [-0.4, -0.2) is 37.5 Å². The minimum absolute atomic E-state index is 0.212. The second-order valence-corrected chi connectivity index (χ2v) is 4.93. The first-order chi connectivity index (χ1) is 7.18. The Hall–Kier alpha value is -0.190. The first kappa shape index (κ1) is 11.3. The fourth-order valence-corrected chi connectivity index (χ4v) is 2.36. The van der Waals surface area contributed by atoms with E-state index >= 15 is 0 Å². The van der Waals surface area contributed by atoms with Crippen molar-refractivity contribution in [3.05, 3.63) is 0 Å². The van der Waals surface area contributed by atoms with E-state index in [1.54, 1.807) is 0 Å². The molecule has 0 aromatic carbocycles. The van der Waals surface area contributed by atoms with E-state index in [4.69, 9.17) is 10.5 Å². The van der Waals surface area contributed by atoms with Crippen molar-refractivity contribution in [1.29, 1.82) is 0 Å². The van der Waals surface area contributed by atoms with Gasteiger partial charge in [-0.3, -0.25) is 0 Å². The van der Waals surface area contributed by atoms with Crippen LogP contribution in [0.3, 0.4) is 0 Å². The predicted octanol–water partition coefficient (Wildman–Crippen LogP) is 0.974. The monoisotopic (exact) mass is 216 g/mol. The molecular weight excluding hydrogens is 195 g/mol. The lowest BCUT2D eigenvalue weighted by Gasteiger charge is -2.33. The summed E-state index contributed by atoms with van der Waals surface area (Å²) in [5, 5.41) is 3.27. The number of hydrogen-bond acceptors (Lipinski definition) is 3. The number of ether oxygens (including phenoxy) is 1. The summed E-state index contributed by atoms with van der Waals surface area (Å²) in [6, 6.07) is 0.567. The van der Waals surface area contributed by atoms with Crippen LogP contribution >= 0.6 is 0 Å². The molecule has 1 aliphatic heterocycles. The molecular formula is C11H21FN2O. The Balaban J connectivity index is 1.72. The van der Waals surface area contributed by atoms with Gasteiger partial charge >= 0.3 is 0 Å². The zero-order valence-corrected chi connectivity index (χ0v) is 9.18. The molecule has 2 rings (SSSR count). The Morgan fingerprint density at radius 3 is 2.67 bits per heavy atom. The van der Waals surface area contributed by atoms with E-state index in [-0.39, 0.29) is 6.04 Å². The summed E-state index contributed by atoms with van der Waals surface area (Å²) in [6.07, 6.45) is 3.86. The molecule has 2 aliphatic rings. The van der Waals surface area contributed by atoms with Crippen LogP contribution in [0.25, 0.3) is 0 Å². The van der Waals surface area contributed by atoms with Crippen molar-refractivity contribution in [2.24, 2.45) is 5.73 Å². The molecule has 0 aromatic heterocycles. The normalized spacial score (nSPS) is 42.0. The van der Waals surface area contributed by atoms with Crippen molar-refractivity contribution in [2.75, 3.05) is 19.8 Å². The minimum atomic E-state index is -1.03.